The number of hydrogen-bond donors (Lipinski definition) is 0. The zero-order valence-corrected chi connectivity index (χ0v) is 14.4. The number of thiazole rings is 1. The van der Waals surface area contributed by atoms with E-state index in [1.54, 1.807) is 11.3 Å². The molecule has 2 aromatic heterocycles. The van der Waals surface area contributed by atoms with Crippen molar-refractivity contribution < 1.29 is 0 Å². The molecule has 0 aromatic carbocycles. The molecule has 0 unspecified atom stereocenters. The van der Waals surface area contributed by atoms with Crippen LogP contribution in [0.4, 0.5) is 5.13 Å². The standard InChI is InChI=1S/C17H25N5S/c1-2-4-15(5-3-1)22-14-18-12-16(22)13-20-7-9-21(10-8-20)17-19-6-11-23-17/h6,11-12,14-15H,1-5,7-10,13H2. The highest BCUT2D eigenvalue weighted by atomic mass is 32.1. The zero-order chi connectivity index (χ0) is 15.5. The van der Waals surface area contributed by atoms with Gasteiger partial charge in [-0.25, -0.2) is 9.97 Å². The monoisotopic (exact) mass is 331 g/mol. The molecule has 23 heavy (non-hydrogen) atoms. The van der Waals surface area contributed by atoms with Crippen LogP contribution in [-0.4, -0.2) is 45.6 Å². The molecule has 1 saturated carbocycles. The van der Waals surface area contributed by atoms with Crippen molar-refractivity contribution in [3.05, 3.63) is 29.8 Å². The topological polar surface area (TPSA) is 37.2 Å². The van der Waals surface area contributed by atoms with Crippen molar-refractivity contribution in [2.45, 2.75) is 44.7 Å². The molecule has 0 atom stereocenters. The Bertz CT molecular complexity index is 594. The van der Waals surface area contributed by atoms with Gasteiger partial charge in [-0.1, -0.05) is 19.3 Å². The number of imidazole rings is 1. The van der Waals surface area contributed by atoms with Gasteiger partial charge in [-0.3, -0.25) is 4.90 Å². The normalized spacial score (nSPS) is 21.0. The fourth-order valence-electron chi connectivity index (χ4n) is 3.84. The van der Waals surface area contributed by atoms with Gasteiger partial charge in [-0.05, 0) is 12.8 Å². The van der Waals surface area contributed by atoms with Crippen LogP contribution in [0.25, 0.3) is 0 Å². The van der Waals surface area contributed by atoms with Gasteiger partial charge in [0.25, 0.3) is 0 Å². The number of nitrogens with zero attached hydrogens (tertiary/aromatic N) is 5. The lowest BCUT2D eigenvalue weighted by molar-refractivity contribution is 0.237. The Morgan fingerprint density at radius 2 is 1.91 bits per heavy atom. The van der Waals surface area contributed by atoms with Crippen molar-refractivity contribution in [3.8, 4) is 0 Å². The highest BCUT2D eigenvalue weighted by Gasteiger charge is 2.22. The number of aromatic nitrogens is 3. The Labute approximate surface area is 142 Å². The number of hydrogen-bond acceptors (Lipinski definition) is 5. The van der Waals surface area contributed by atoms with E-state index in [4.69, 9.17) is 0 Å². The van der Waals surface area contributed by atoms with Crippen LogP contribution in [0.3, 0.4) is 0 Å². The molecule has 1 saturated heterocycles. The van der Waals surface area contributed by atoms with E-state index in [1.807, 2.05) is 6.20 Å². The molecule has 3 heterocycles. The number of piperazine rings is 1. The van der Waals surface area contributed by atoms with Gasteiger partial charge in [-0.15, -0.1) is 11.3 Å². The Hall–Kier alpha value is -1.40. The Balaban J connectivity index is 1.35. The van der Waals surface area contributed by atoms with E-state index >= 15 is 0 Å². The highest BCUT2D eigenvalue weighted by molar-refractivity contribution is 7.13. The van der Waals surface area contributed by atoms with Crippen LogP contribution in [0, 0.1) is 0 Å². The first-order valence-corrected chi connectivity index (χ1v) is 9.65. The summed E-state index contributed by atoms with van der Waals surface area (Å²) >= 11 is 1.74. The summed E-state index contributed by atoms with van der Waals surface area (Å²) in [5, 5.41) is 3.22. The maximum atomic E-state index is 4.44. The molecule has 0 N–H and O–H groups in total. The van der Waals surface area contributed by atoms with Gasteiger partial charge >= 0.3 is 0 Å². The summed E-state index contributed by atoms with van der Waals surface area (Å²) in [7, 11) is 0. The molecule has 0 radical (unpaired) electrons. The van der Waals surface area contributed by atoms with E-state index in [0.29, 0.717) is 6.04 Å². The Morgan fingerprint density at radius 3 is 2.65 bits per heavy atom. The summed E-state index contributed by atoms with van der Waals surface area (Å²) in [6, 6.07) is 0.679. The predicted octanol–water partition coefficient (Wildman–Crippen LogP) is 3.17. The average molecular weight is 331 g/mol. The van der Waals surface area contributed by atoms with Crippen LogP contribution < -0.4 is 4.90 Å². The number of rotatable bonds is 4. The van der Waals surface area contributed by atoms with Crippen LogP contribution in [0.5, 0.6) is 0 Å². The second kappa shape index (κ2) is 7.01. The summed E-state index contributed by atoms with van der Waals surface area (Å²) in [5.41, 5.74) is 1.39. The van der Waals surface area contributed by atoms with Crippen LogP contribution in [0.2, 0.25) is 0 Å². The quantitative estimate of drug-likeness (QED) is 0.862. The van der Waals surface area contributed by atoms with Crippen molar-refractivity contribution in [1.29, 1.82) is 0 Å². The third-order valence-corrected chi connectivity index (χ3v) is 5.99. The molecule has 1 aliphatic heterocycles. The van der Waals surface area contributed by atoms with Crippen molar-refractivity contribution >= 4 is 16.5 Å². The van der Waals surface area contributed by atoms with E-state index in [9.17, 15) is 0 Å². The minimum Gasteiger partial charge on any atom is -0.346 e. The van der Waals surface area contributed by atoms with Crippen molar-refractivity contribution in [2.24, 2.45) is 0 Å². The van der Waals surface area contributed by atoms with Gasteiger partial charge in [0, 0.05) is 56.5 Å². The molecule has 2 aliphatic rings. The first-order chi connectivity index (χ1) is 11.4. The summed E-state index contributed by atoms with van der Waals surface area (Å²) in [6.07, 6.45) is 12.8. The second-order valence-electron chi connectivity index (χ2n) is 6.66. The molecular formula is C17H25N5S. The molecule has 0 spiro atoms. The van der Waals surface area contributed by atoms with Gasteiger partial charge in [0.05, 0.1) is 12.0 Å². The first kappa shape index (κ1) is 15.1. The van der Waals surface area contributed by atoms with E-state index in [-0.39, 0.29) is 0 Å². The molecule has 1 aliphatic carbocycles. The summed E-state index contributed by atoms with van der Waals surface area (Å²) in [4.78, 5) is 13.8. The highest BCUT2D eigenvalue weighted by Crippen LogP contribution is 2.29. The maximum absolute atomic E-state index is 4.44. The maximum Gasteiger partial charge on any atom is 0.185 e. The molecule has 5 nitrogen and oxygen atoms in total. The second-order valence-corrected chi connectivity index (χ2v) is 7.53. The van der Waals surface area contributed by atoms with Gasteiger partial charge in [0.15, 0.2) is 5.13 Å². The van der Waals surface area contributed by atoms with Gasteiger partial charge < -0.3 is 9.47 Å². The van der Waals surface area contributed by atoms with Crippen molar-refractivity contribution in [3.63, 3.8) is 0 Å². The largest absolute Gasteiger partial charge is 0.346 e. The minimum atomic E-state index is 0.679. The fraction of sp³-hybridized carbons (Fsp3) is 0.647. The van der Waals surface area contributed by atoms with Crippen LogP contribution in [-0.2, 0) is 6.54 Å². The minimum absolute atomic E-state index is 0.679. The molecule has 0 amide bonds. The lowest BCUT2D eigenvalue weighted by Gasteiger charge is -2.35. The van der Waals surface area contributed by atoms with Crippen molar-refractivity contribution in [1.82, 2.24) is 19.4 Å². The molecule has 4 rings (SSSR count). The van der Waals surface area contributed by atoms with E-state index in [2.05, 4.69) is 42.2 Å². The lowest BCUT2D eigenvalue weighted by Crippen LogP contribution is -2.46. The third kappa shape index (κ3) is 3.43. The van der Waals surface area contributed by atoms with E-state index in [0.717, 1.165) is 37.9 Å². The smallest absolute Gasteiger partial charge is 0.185 e. The third-order valence-electron chi connectivity index (χ3n) is 5.16. The van der Waals surface area contributed by atoms with Gasteiger partial charge in [0.2, 0.25) is 0 Å². The van der Waals surface area contributed by atoms with Crippen LogP contribution in [0.15, 0.2) is 24.1 Å². The lowest BCUT2D eigenvalue weighted by atomic mass is 9.95. The first-order valence-electron chi connectivity index (χ1n) is 8.77. The van der Waals surface area contributed by atoms with Crippen LogP contribution in [0.1, 0.15) is 43.8 Å². The van der Waals surface area contributed by atoms with E-state index in [1.165, 1.54) is 37.8 Å². The van der Waals surface area contributed by atoms with Gasteiger partial charge in [0.1, 0.15) is 0 Å². The summed E-state index contributed by atoms with van der Waals surface area (Å²) in [5.74, 6) is 0. The van der Waals surface area contributed by atoms with E-state index < -0.39 is 0 Å². The number of anilines is 1. The Kier molecular flexibility index (Phi) is 4.62. The Morgan fingerprint density at radius 1 is 1.09 bits per heavy atom. The fourth-order valence-corrected chi connectivity index (χ4v) is 4.54. The molecule has 0 bridgehead atoms. The molecule has 2 fully saturated rings. The average Bonchev–Trinajstić information content (AvgIpc) is 3.28. The van der Waals surface area contributed by atoms with Gasteiger partial charge in [-0.2, -0.15) is 0 Å². The zero-order valence-electron chi connectivity index (χ0n) is 13.6. The molecule has 6 heteroatoms. The molecular weight excluding hydrogens is 306 g/mol. The molecule has 124 valence electrons. The summed E-state index contributed by atoms with van der Waals surface area (Å²) < 4.78 is 2.45. The van der Waals surface area contributed by atoms with Crippen LogP contribution >= 0.6 is 11.3 Å². The SMILES string of the molecule is c1csc(N2CCN(Cc3cncn3C3CCCCC3)CC2)n1. The van der Waals surface area contributed by atoms with Crippen molar-refractivity contribution in [2.75, 3.05) is 31.1 Å². The summed E-state index contributed by atoms with van der Waals surface area (Å²) in [6.45, 7) is 5.39. The molecule has 2 aromatic rings. The predicted molar refractivity (Wildman–Crippen MR) is 94.0 cm³/mol.